The number of hydrogen-bond donors (Lipinski definition) is 3. The Morgan fingerprint density at radius 3 is 1.00 bits per heavy atom. The smallest absolute Gasteiger partial charge is 0.150 e. The Balaban J connectivity index is 3.42. The molecule has 0 aliphatic rings. The molecule has 0 aliphatic carbocycles. The van der Waals surface area contributed by atoms with E-state index in [9.17, 15) is 14.4 Å². The molecule has 114 valence electrons. The summed E-state index contributed by atoms with van der Waals surface area (Å²) < 4.78 is 0. The van der Waals surface area contributed by atoms with E-state index in [0.717, 1.165) is 0 Å². The highest BCUT2D eigenvalue weighted by Crippen LogP contribution is 2.24. The quantitative estimate of drug-likeness (QED) is 0.698. The van der Waals surface area contributed by atoms with Crippen LogP contribution in [0.4, 0.5) is 0 Å². The molecule has 6 N–H and O–H groups in total. The molecule has 0 aromatic heterocycles. The van der Waals surface area contributed by atoms with Crippen LogP contribution >= 0.6 is 0 Å². The second-order valence-electron chi connectivity index (χ2n) is 5.20. The van der Waals surface area contributed by atoms with Gasteiger partial charge >= 0.3 is 0 Å². The lowest BCUT2D eigenvalue weighted by atomic mass is 9.91. The van der Waals surface area contributed by atoms with Crippen molar-refractivity contribution in [1.29, 1.82) is 0 Å². The topological polar surface area (TPSA) is 129 Å². The lowest BCUT2D eigenvalue weighted by Crippen LogP contribution is -2.24. The summed E-state index contributed by atoms with van der Waals surface area (Å²) in [5, 5.41) is 0. The fourth-order valence-electron chi connectivity index (χ4n) is 1.95. The van der Waals surface area contributed by atoms with Crippen LogP contribution in [-0.2, 0) is 14.4 Å². The molecule has 3 unspecified atom stereocenters. The maximum absolute atomic E-state index is 11.5. The number of carbonyl (C=O) groups is 3. The lowest BCUT2D eigenvalue weighted by molar-refractivity contribution is -0.119. The third-order valence-corrected chi connectivity index (χ3v) is 3.39. The van der Waals surface area contributed by atoms with Crippen molar-refractivity contribution in [2.45, 2.75) is 38.9 Å². The highest BCUT2D eigenvalue weighted by Gasteiger charge is 2.20. The van der Waals surface area contributed by atoms with Gasteiger partial charge in [-0.25, -0.2) is 0 Å². The normalized spacial score (nSPS) is 15.1. The zero-order valence-corrected chi connectivity index (χ0v) is 12.4. The van der Waals surface area contributed by atoms with Gasteiger partial charge in [0.25, 0.3) is 0 Å². The Morgan fingerprint density at radius 2 is 0.857 bits per heavy atom. The Labute approximate surface area is 123 Å². The maximum Gasteiger partial charge on any atom is 0.150 e. The minimum Gasteiger partial charge on any atom is -0.318 e. The molecule has 1 rings (SSSR count). The maximum atomic E-state index is 11.5. The molecule has 3 atom stereocenters. The monoisotopic (exact) mass is 291 g/mol. The summed E-state index contributed by atoms with van der Waals surface area (Å²) in [6.45, 7) is 4.10. The van der Waals surface area contributed by atoms with E-state index in [1.807, 2.05) is 0 Å². The van der Waals surface area contributed by atoms with Crippen molar-refractivity contribution in [1.82, 2.24) is 0 Å². The first-order chi connectivity index (χ1) is 9.65. The van der Waals surface area contributed by atoms with Gasteiger partial charge < -0.3 is 17.2 Å². The average molecular weight is 291 g/mol. The molecule has 21 heavy (non-hydrogen) atoms. The predicted molar refractivity (Wildman–Crippen MR) is 79.3 cm³/mol. The molecule has 0 bridgehead atoms. The molecule has 1 aromatic carbocycles. The first-order valence-corrected chi connectivity index (χ1v) is 6.58. The number of Topliss-reactive ketones (excluding diaryl/α,β-unsaturated/α-hetero) is 3. The molecule has 0 amide bonds. The van der Waals surface area contributed by atoms with Gasteiger partial charge in [0, 0.05) is 0 Å². The van der Waals surface area contributed by atoms with Gasteiger partial charge in [-0.1, -0.05) is 18.2 Å². The standard InChI is InChI=1S/C15H21N3O3/c1-7(19)13(16)10-4-11(14(17)8(2)20)6-12(5-10)15(18)9(3)21/h4-6,13-15H,16-18H2,1-3H3. The van der Waals surface area contributed by atoms with Gasteiger partial charge in [-0.3, -0.25) is 14.4 Å². The molecule has 0 saturated heterocycles. The fourth-order valence-corrected chi connectivity index (χ4v) is 1.95. The molecule has 1 aromatic rings. The number of rotatable bonds is 6. The Bertz CT molecular complexity index is 490. The van der Waals surface area contributed by atoms with E-state index in [4.69, 9.17) is 17.2 Å². The third kappa shape index (κ3) is 4.04. The summed E-state index contributed by atoms with van der Waals surface area (Å²) >= 11 is 0. The lowest BCUT2D eigenvalue weighted by Gasteiger charge is -2.18. The first-order valence-electron chi connectivity index (χ1n) is 6.58. The van der Waals surface area contributed by atoms with Crippen molar-refractivity contribution in [3.05, 3.63) is 34.9 Å². The van der Waals surface area contributed by atoms with Crippen LogP contribution in [0.3, 0.4) is 0 Å². The van der Waals surface area contributed by atoms with Gasteiger partial charge in [-0.15, -0.1) is 0 Å². The summed E-state index contributed by atoms with van der Waals surface area (Å²) in [6.07, 6.45) is 0. The van der Waals surface area contributed by atoms with Crippen molar-refractivity contribution in [2.24, 2.45) is 17.2 Å². The molecule has 6 heteroatoms. The predicted octanol–water partition coefficient (Wildman–Crippen LogP) is 0.453. The molecule has 6 nitrogen and oxygen atoms in total. The van der Waals surface area contributed by atoms with Gasteiger partial charge in [-0.2, -0.15) is 0 Å². The second kappa shape index (κ2) is 6.71. The fraction of sp³-hybridized carbons (Fsp3) is 0.400. The molecule has 0 aliphatic heterocycles. The third-order valence-electron chi connectivity index (χ3n) is 3.39. The van der Waals surface area contributed by atoms with Crippen LogP contribution in [0.1, 0.15) is 55.6 Å². The summed E-state index contributed by atoms with van der Waals surface area (Å²) in [4.78, 5) is 34.4. The van der Waals surface area contributed by atoms with Crippen molar-refractivity contribution >= 4 is 17.3 Å². The van der Waals surface area contributed by atoms with Gasteiger partial charge in [0.2, 0.25) is 0 Å². The minimum absolute atomic E-state index is 0.231. The summed E-state index contributed by atoms with van der Waals surface area (Å²) in [5.41, 5.74) is 18.9. The first kappa shape index (κ1) is 17.2. The molecular formula is C15H21N3O3. The highest BCUT2D eigenvalue weighted by atomic mass is 16.1. The molecule has 0 spiro atoms. The number of benzene rings is 1. The summed E-state index contributed by atoms with van der Waals surface area (Å²) in [5.74, 6) is -0.692. The van der Waals surface area contributed by atoms with Crippen molar-refractivity contribution < 1.29 is 14.4 Å². The van der Waals surface area contributed by atoms with Gasteiger partial charge in [0.1, 0.15) is 0 Å². The van der Waals surface area contributed by atoms with E-state index in [-0.39, 0.29) is 17.3 Å². The number of nitrogens with two attached hydrogens (primary N) is 3. The van der Waals surface area contributed by atoms with Crippen LogP contribution in [0.15, 0.2) is 18.2 Å². The van der Waals surface area contributed by atoms with Crippen LogP contribution in [0.25, 0.3) is 0 Å². The van der Waals surface area contributed by atoms with E-state index in [2.05, 4.69) is 0 Å². The summed E-state index contributed by atoms with van der Waals surface area (Å²) in [6, 6.07) is 2.28. The Morgan fingerprint density at radius 1 is 0.667 bits per heavy atom. The van der Waals surface area contributed by atoms with E-state index in [1.54, 1.807) is 18.2 Å². The molecular weight excluding hydrogens is 270 g/mol. The van der Waals surface area contributed by atoms with Gasteiger partial charge in [0.15, 0.2) is 17.3 Å². The van der Waals surface area contributed by atoms with E-state index >= 15 is 0 Å². The minimum atomic E-state index is -0.845. The number of hydrogen-bond acceptors (Lipinski definition) is 6. The molecule has 0 radical (unpaired) electrons. The molecule has 0 heterocycles. The van der Waals surface area contributed by atoms with E-state index in [1.165, 1.54) is 20.8 Å². The van der Waals surface area contributed by atoms with Gasteiger partial charge in [0.05, 0.1) is 18.1 Å². The highest BCUT2D eigenvalue weighted by molar-refractivity contribution is 5.86. The van der Waals surface area contributed by atoms with Crippen molar-refractivity contribution in [3.8, 4) is 0 Å². The summed E-state index contributed by atoms with van der Waals surface area (Å²) in [7, 11) is 0. The average Bonchev–Trinajstić information content (AvgIpc) is 2.43. The van der Waals surface area contributed by atoms with Crippen LogP contribution in [0.2, 0.25) is 0 Å². The van der Waals surface area contributed by atoms with Crippen molar-refractivity contribution in [2.75, 3.05) is 0 Å². The zero-order chi connectivity index (χ0) is 16.3. The van der Waals surface area contributed by atoms with Gasteiger partial charge in [-0.05, 0) is 37.5 Å². The Kier molecular flexibility index (Phi) is 5.48. The SMILES string of the molecule is CC(=O)C(N)c1cc(C(N)C(C)=O)cc(C(N)C(C)=O)c1. The van der Waals surface area contributed by atoms with Crippen LogP contribution < -0.4 is 17.2 Å². The van der Waals surface area contributed by atoms with Crippen molar-refractivity contribution in [3.63, 3.8) is 0 Å². The molecule has 0 fully saturated rings. The van der Waals surface area contributed by atoms with Crippen LogP contribution in [-0.4, -0.2) is 17.3 Å². The molecule has 0 saturated carbocycles. The second-order valence-corrected chi connectivity index (χ2v) is 5.20. The largest absolute Gasteiger partial charge is 0.318 e. The van der Waals surface area contributed by atoms with E-state index in [0.29, 0.717) is 16.7 Å². The Hall–Kier alpha value is -1.89. The number of carbonyl (C=O) groups excluding carboxylic acids is 3. The number of ketones is 3. The van der Waals surface area contributed by atoms with Crippen LogP contribution in [0.5, 0.6) is 0 Å². The van der Waals surface area contributed by atoms with Crippen LogP contribution in [0, 0.1) is 0 Å². The van der Waals surface area contributed by atoms with E-state index < -0.39 is 18.1 Å². The zero-order valence-electron chi connectivity index (χ0n) is 12.4.